The molecule has 0 heterocycles. The van der Waals surface area contributed by atoms with Gasteiger partial charge in [-0.2, -0.15) is 43.9 Å². The molecule has 0 spiro atoms. The predicted molar refractivity (Wildman–Crippen MR) is 44.7 cm³/mol. The molecule has 0 aliphatic rings. The van der Waals surface area contributed by atoms with Crippen molar-refractivity contribution in [3.05, 3.63) is 0 Å². The molecule has 1 N–H and O–H groups in total. The van der Waals surface area contributed by atoms with E-state index in [0.717, 1.165) is 5.32 Å². The standard InChI is InChI=1S/C7H4ClF10NO/c1-19-2(20)3(9,10)4(11,12)5(13,14)6(15,16)7(8,17)18/h1H3,(H,19,20). The molecule has 2 nitrogen and oxygen atoms in total. The average Bonchev–Trinajstić information content (AvgIpc) is 2.25. The summed E-state index contributed by atoms with van der Waals surface area (Å²) in [4.78, 5) is 10.4. The summed E-state index contributed by atoms with van der Waals surface area (Å²) in [6.45, 7) is 0. The molecule has 0 aromatic heterocycles. The van der Waals surface area contributed by atoms with Gasteiger partial charge in [-0.1, -0.05) is 0 Å². The van der Waals surface area contributed by atoms with Gasteiger partial charge in [-0.05, 0) is 11.6 Å². The van der Waals surface area contributed by atoms with Gasteiger partial charge in [-0.25, -0.2) is 0 Å². The van der Waals surface area contributed by atoms with E-state index in [9.17, 15) is 48.7 Å². The van der Waals surface area contributed by atoms with Crippen LogP contribution in [0.25, 0.3) is 0 Å². The first-order valence-corrected chi connectivity index (χ1v) is 4.66. The number of amides is 1. The van der Waals surface area contributed by atoms with E-state index in [0.29, 0.717) is 7.05 Å². The first kappa shape index (κ1) is 19.1. The second-order valence-electron chi connectivity index (χ2n) is 3.37. The SMILES string of the molecule is CNC(=O)C(F)(F)C(F)(F)C(F)(F)C(F)(F)C(F)(F)Cl. The minimum atomic E-state index is -7.32. The fourth-order valence-corrected chi connectivity index (χ4v) is 0.991. The van der Waals surface area contributed by atoms with Gasteiger partial charge in [0.15, 0.2) is 0 Å². The first-order valence-electron chi connectivity index (χ1n) is 4.28. The van der Waals surface area contributed by atoms with Crippen molar-refractivity contribution in [1.29, 1.82) is 0 Å². The minimum Gasteiger partial charge on any atom is -0.354 e. The highest BCUT2D eigenvalue weighted by Crippen LogP contribution is 2.57. The fourth-order valence-electron chi connectivity index (χ4n) is 0.872. The van der Waals surface area contributed by atoms with Gasteiger partial charge < -0.3 is 5.32 Å². The van der Waals surface area contributed by atoms with Crippen LogP contribution in [0.4, 0.5) is 43.9 Å². The topological polar surface area (TPSA) is 29.1 Å². The quantitative estimate of drug-likeness (QED) is 0.603. The van der Waals surface area contributed by atoms with Crippen molar-refractivity contribution >= 4 is 17.5 Å². The van der Waals surface area contributed by atoms with Crippen LogP contribution in [0.5, 0.6) is 0 Å². The summed E-state index contributed by atoms with van der Waals surface area (Å²) >= 11 is 3.54. The maximum absolute atomic E-state index is 12.8. The van der Waals surface area contributed by atoms with Crippen LogP contribution in [0.3, 0.4) is 0 Å². The molecule has 120 valence electrons. The van der Waals surface area contributed by atoms with Crippen LogP contribution in [0.1, 0.15) is 0 Å². The molecule has 1 amide bonds. The summed E-state index contributed by atoms with van der Waals surface area (Å²) in [5, 5.41) is -5.46. The fraction of sp³-hybridized carbons (Fsp3) is 0.857. The zero-order valence-corrected chi connectivity index (χ0v) is 9.82. The van der Waals surface area contributed by atoms with Gasteiger partial charge in [0.05, 0.1) is 0 Å². The highest BCUT2D eigenvalue weighted by Gasteiger charge is 2.87. The highest BCUT2D eigenvalue weighted by atomic mass is 35.5. The van der Waals surface area contributed by atoms with Gasteiger partial charge in [0.25, 0.3) is 5.91 Å². The Labute approximate surface area is 109 Å². The summed E-state index contributed by atoms with van der Waals surface area (Å²) in [6.07, 6.45) is 0. The molecule has 0 aliphatic carbocycles. The summed E-state index contributed by atoms with van der Waals surface area (Å²) in [5.74, 6) is -31.0. The lowest BCUT2D eigenvalue weighted by atomic mass is 9.98. The van der Waals surface area contributed by atoms with Gasteiger partial charge in [0, 0.05) is 7.05 Å². The molecule has 0 radical (unpaired) electrons. The lowest BCUT2D eigenvalue weighted by molar-refractivity contribution is -0.382. The Morgan fingerprint density at radius 3 is 1.40 bits per heavy atom. The molecule has 20 heavy (non-hydrogen) atoms. The van der Waals surface area contributed by atoms with E-state index in [4.69, 9.17) is 0 Å². The number of nitrogens with one attached hydrogen (secondary N) is 1. The molecule has 0 atom stereocenters. The average molecular weight is 344 g/mol. The zero-order valence-electron chi connectivity index (χ0n) is 9.07. The number of carbonyl (C=O) groups excluding carboxylic acids is 1. The summed E-state index contributed by atoms with van der Waals surface area (Å²) in [6, 6.07) is 0. The van der Waals surface area contributed by atoms with Gasteiger partial charge in [-0.15, -0.1) is 0 Å². The van der Waals surface area contributed by atoms with Crippen LogP contribution in [-0.2, 0) is 4.79 Å². The van der Waals surface area contributed by atoms with E-state index in [1.807, 2.05) is 0 Å². The van der Waals surface area contributed by atoms with Crippen LogP contribution in [0.15, 0.2) is 0 Å². The van der Waals surface area contributed by atoms with Crippen molar-refractivity contribution in [1.82, 2.24) is 5.32 Å². The molecular weight excluding hydrogens is 340 g/mol. The third-order valence-corrected chi connectivity index (χ3v) is 2.29. The van der Waals surface area contributed by atoms with E-state index in [-0.39, 0.29) is 0 Å². The van der Waals surface area contributed by atoms with Gasteiger partial charge >= 0.3 is 29.1 Å². The Balaban J connectivity index is 6.00. The zero-order chi connectivity index (χ0) is 16.8. The van der Waals surface area contributed by atoms with E-state index < -0.39 is 35.0 Å². The molecule has 0 aromatic carbocycles. The van der Waals surface area contributed by atoms with Gasteiger partial charge in [0.1, 0.15) is 0 Å². The number of hydrogen-bond acceptors (Lipinski definition) is 1. The Kier molecular flexibility index (Phi) is 4.58. The molecule has 0 rings (SSSR count). The number of carbonyl (C=O) groups is 1. The normalized spacial score (nSPS) is 15.2. The third-order valence-electron chi connectivity index (χ3n) is 2.05. The van der Waals surface area contributed by atoms with Crippen molar-refractivity contribution < 1.29 is 48.7 Å². The molecule has 0 unspecified atom stereocenters. The summed E-state index contributed by atoms with van der Waals surface area (Å²) in [5.41, 5.74) is 0. The van der Waals surface area contributed by atoms with Crippen LogP contribution in [0, 0.1) is 0 Å². The van der Waals surface area contributed by atoms with E-state index >= 15 is 0 Å². The second-order valence-corrected chi connectivity index (χ2v) is 3.85. The number of rotatable bonds is 5. The Morgan fingerprint density at radius 2 is 1.15 bits per heavy atom. The van der Waals surface area contributed by atoms with Crippen LogP contribution in [-0.4, -0.2) is 42.0 Å². The molecule has 0 aromatic rings. The molecule has 0 saturated heterocycles. The van der Waals surface area contributed by atoms with Crippen LogP contribution >= 0.6 is 11.6 Å². The maximum Gasteiger partial charge on any atom is 0.393 e. The third kappa shape index (κ3) is 2.37. The van der Waals surface area contributed by atoms with Crippen LogP contribution in [0.2, 0.25) is 0 Å². The Morgan fingerprint density at radius 1 is 0.800 bits per heavy atom. The van der Waals surface area contributed by atoms with E-state index in [2.05, 4.69) is 11.6 Å². The molecule has 13 heteroatoms. The second kappa shape index (κ2) is 4.81. The van der Waals surface area contributed by atoms with Crippen molar-refractivity contribution in [2.45, 2.75) is 29.1 Å². The predicted octanol–water partition coefficient (Wildman–Crippen LogP) is 3.11. The highest BCUT2D eigenvalue weighted by molar-refractivity contribution is 6.22. The van der Waals surface area contributed by atoms with Crippen molar-refractivity contribution in [3.63, 3.8) is 0 Å². The summed E-state index contributed by atoms with van der Waals surface area (Å²) < 4.78 is 126. The van der Waals surface area contributed by atoms with Crippen molar-refractivity contribution in [2.24, 2.45) is 0 Å². The molecule has 0 bridgehead atoms. The molecular formula is C7H4ClF10NO. The van der Waals surface area contributed by atoms with Crippen molar-refractivity contribution in [2.75, 3.05) is 7.05 Å². The largest absolute Gasteiger partial charge is 0.393 e. The maximum atomic E-state index is 12.8. The smallest absolute Gasteiger partial charge is 0.354 e. The van der Waals surface area contributed by atoms with E-state index in [1.165, 1.54) is 0 Å². The van der Waals surface area contributed by atoms with Gasteiger partial charge in [0.2, 0.25) is 0 Å². The lowest BCUT2D eigenvalue weighted by Gasteiger charge is -2.36. The van der Waals surface area contributed by atoms with E-state index in [1.54, 1.807) is 0 Å². The van der Waals surface area contributed by atoms with Gasteiger partial charge in [-0.3, -0.25) is 4.79 Å². The molecule has 0 aliphatic heterocycles. The lowest BCUT2D eigenvalue weighted by Crippen LogP contribution is -2.68. The number of hydrogen-bond donors (Lipinski definition) is 1. The Hall–Kier alpha value is -0.940. The number of alkyl halides is 11. The number of halogens is 11. The summed E-state index contributed by atoms with van der Waals surface area (Å²) in [7, 11) is 0.304. The minimum absolute atomic E-state index is 0.304. The molecule has 0 fully saturated rings. The first-order chi connectivity index (χ1) is 8.48. The van der Waals surface area contributed by atoms with Crippen molar-refractivity contribution in [3.8, 4) is 0 Å². The van der Waals surface area contributed by atoms with Crippen LogP contribution < -0.4 is 5.32 Å². The Bertz CT molecular complexity index is 390. The molecule has 0 saturated carbocycles. The monoisotopic (exact) mass is 343 g/mol.